The number of hydrogen-bond donors (Lipinski definition) is 1. The number of fused-ring (bicyclic) bond motifs is 1. The summed E-state index contributed by atoms with van der Waals surface area (Å²) in [5, 5.41) is 3.76. The van der Waals surface area contributed by atoms with Crippen molar-refractivity contribution in [2.75, 3.05) is 24.3 Å². The fourth-order valence-corrected chi connectivity index (χ4v) is 5.00. The molecular weight excluding hydrogens is 430 g/mol. The molecule has 0 saturated carbocycles. The fraction of sp³-hybridized carbons (Fsp3) is 0.174. The van der Waals surface area contributed by atoms with Gasteiger partial charge in [-0.05, 0) is 24.6 Å². The molecule has 0 spiro atoms. The maximum atomic E-state index is 12.7. The average molecular weight is 452 g/mol. The molecule has 1 amide bonds. The average Bonchev–Trinajstić information content (AvgIpc) is 3.34. The number of thiophene rings is 1. The van der Waals surface area contributed by atoms with Crippen molar-refractivity contribution >= 4 is 54.9 Å². The second-order valence-corrected chi connectivity index (χ2v) is 9.16. The Morgan fingerprint density at radius 3 is 2.45 bits per heavy atom. The Balaban J connectivity index is 1.44. The van der Waals surface area contributed by atoms with Crippen molar-refractivity contribution in [2.45, 2.75) is 13.0 Å². The summed E-state index contributed by atoms with van der Waals surface area (Å²) in [6, 6.07) is 19.1. The first kappa shape index (κ1) is 21.0. The molecule has 1 N–H and O–H groups in total. The molecule has 1 atom stereocenters. The van der Waals surface area contributed by atoms with Gasteiger partial charge in [-0.3, -0.25) is 4.79 Å². The Labute approximate surface area is 188 Å². The summed E-state index contributed by atoms with van der Waals surface area (Å²) in [7, 11) is 3.85. The number of carbonyl (C=O) groups is 2. The maximum absolute atomic E-state index is 12.7. The third kappa shape index (κ3) is 4.60. The minimum absolute atomic E-state index is 0.386. The van der Waals surface area contributed by atoms with E-state index in [1.807, 2.05) is 73.6 Å². The molecule has 0 aliphatic heterocycles. The standard InChI is InChI=1S/C23H21N3O3S2/c1-14(29-22(28)19-13-18-21(30-19)25-23(31-18)26(2)3)20(27)24-17-12-8-7-11-16(17)15-9-5-4-6-10-15/h4-14H,1-3H3,(H,24,27). The number of esters is 1. The quantitative estimate of drug-likeness (QED) is 0.404. The minimum atomic E-state index is -0.943. The number of hydrogen-bond acceptors (Lipinski definition) is 7. The lowest BCUT2D eigenvalue weighted by molar-refractivity contribution is -0.123. The normalized spacial score (nSPS) is 11.8. The molecule has 2 heterocycles. The number of nitrogens with zero attached hydrogens (tertiary/aromatic N) is 2. The van der Waals surface area contributed by atoms with E-state index in [4.69, 9.17) is 4.74 Å². The summed E-state index contributed by atoms with van der Waals surface area (Å²) in [6.45, 7) is 1.57. The molecule has 158 valence electrons. The Morgan fingerprint density at radius 1 is 1.03 bits per heavy atom. The van der Waals surface area contributed by atoms with Crippen LogP contribution in [0, 0.1) is 0 Å². The van der Waals surface area contributed by atoms with Gasteiger partial charge in [0, 0.05) is 25.3 Å². The third-order valence-electron chi connectivity index (χ3n) is 4.58. The number of nitrogens with one attached hydrogen (secondary N) is 1. The van der Waals surface area contributed by atoms with Gasteiger partial charge < -0.3 is 15.0 Å². The second-order valence-electron chi connectivity index (χ2n) is 7.12. The number of benzene rings is 2. The van der Waals surface area contributed by atoms with E-state index in [1.54, 1.807) is 13.0 Å². The highest BCUT2D eigenvalue weighted by Crippen LogP contribution is 2.34. The second kappa shape index (κ2) is 8.87. The number of anilines is 2. The monoisotopic (exact) mass is 451 g/mol. The fourth-order valence-electron chi connectivity index (χ4n) is 2.98. The Morgan fingerprint density at radius 2 is 1.74 bits per heavy atom. The summed E-state index contributed by atoms with van der Waals surface area (Å²) in [6.07, 6.45) is -0.943. The summed E-state index contributed by atoms with van der Waals surface area (Å²) < 4.78 is 6.34. The highest BCUT2D eigenvalue weighted by atomic mass is 32.1. The largest absolute Gasteiger partial charge is 0.448 e. The lowest BCUT2D eigenvalue weighted by Crippen LogP contribution is -2.30. The van der Waals surface area contributed by atoms with Crippen LogP contribution in [0.3, 0.4) is 0 Å². The highest BCUT2D eigenvalue weighted by Gasteiger charge is 2.22. The molecule has 0 bridgehead atoms. The van der Waals surface area contributed by atoms with E-state index < -0.39 is 12.1 Å². The number of para-hydroxylation sites is 1. The number of carbonyl (C=O) groups excluding carboxylic acids is 2. The minimum Gasteiger partial charge on any atom is -0.448 e. The topological polar surface area (TPSA) is 71.5 Å². The lowest BCUT2D eigenvalue weighted by atomic mass is 10.0. The van der Waals surface area contributed by atoms with Crippen molar-refractivity contribution in [3.8, 4) is 11.1 Å². The molecule has 1 unspecified atom stereocenters. The van der Waals surface area contributed by atoms with E-state index in [2.05, 4.69) is 10.3 Å². The van der Waals surface area contributed by atoms with Gasteiger partial charge in [0.05, 0.1) is 4.70 Å². The highest BCUT2D eigenvalue weighted by molar-refractivity contribution is 7.29. The summed E-state index contributed by atoms with van der Waals surface area (Å²) in [5.74, 6) is -0.913. The van der Waals surface area contributed by atoms with Crippen molar-refractivity contribution in [1.29, 1.82) is 0 Å². The van der Waals surface area contributed by atoms with E-state index in [1.165, 1.54) is 22.7 Å². The van der Waals surface area contributed by atoms with Gasteiger partial charge >= 0.3 is 5.97 Å². The van der Waals surface area contributed by atoms with Gasteiger partial charge in [-0.2, -0.15) is 0 Å². The molecule has 8 heteroatoms. The van der Waals surface area contributed by atoms with Crippen LogP contribution in [0.1, 0.15) is 16.6 Å². The molecule has 6 nitrogen and oxygen atoms in total. The van der Waals surface area contributed by atoms with Gasteiger partial charge in [0.2, 0.25) is 0 Å². The van der Waals surface area contributed by atoms with Gasteiger partial charge in [0.1, 0.15) is 9.71 Å². The van der Waals surface area contributed by atoms with E-state index >= 15 is 0 Å². The molecule has 31 heavy (non-hydrogen) atoms. The Hall–Kier alpha value is -3.23. The van der Waals surface area contributed by atoms with E-state index in [-0.39, 0.29) is 5.91 Å². The number of aromatic nitrogens is 1. The van der Waals surface area contributed by atoms with E-state index in [0.29, 0.717) is 10.6 Å². The van der Waals surface area contributed by atoms with Crippen LogP contribution in [0.4, 0.5) is 10.8 Å². The molecule has 0 aliphatic rings. The number of thiazole rings is 1. The van der Waals surface area contributed by atoms with Crippen LogP contribution in [0.15, 0.2) is 60.7 Å². The molecule has 0 fully saturated rings. The predicted molar refractivity (Wildman–Crippen MR) is 127 cm³/mol. The summed E-state index contributed by atoms with van der Waals surface area (Å²) in [5.41, 5.74) is 2.56. The van der Waals surface area contributed by atoms with Crippen LogP contribution < -0.4 is 10.2 Å². The number of amides is 1. The van der Waals surface area contributed by atoms with Gasteiger partial charge in [0.25, 0.3) is 5.91 Å². The summed E-state index contributed by atoms with van der Waals surface area (Å²) in [4.78, 5) is 32.9. The Bertz CT molecular complexity index is 1200. The smallest absolute Gasteiger partial charge is 0.349 e. The van der Waals surface area contributed by atoms with Crippen molar-refractivity contribution in [3.05, 3.63) is 65.5 Å². The van der Waals surface area contributed by atoms with Gasteiger partial charge in [-0.1, -0.05) is 59.9 Å². The zero-order chi connectivity index (χ0) is 22.0. The van der Waals surface area contributed by atoms with Crippen molar-refractivity contribution in [2.24, 2.45) is 0 Å². The van der Waals surface area contributed by atoms with Gasteiger partial charge in [-0.25, -0.2) is 9.78 Å². The SMILES string of the molecule is CC(OC(=O)c1cc2sc(N(C)C)nc2s1)C(=O)Nc1ccccc1-c1ccccc1. The first-order chi connectivity index (χ1) is 14.9. The van der Waals surface area contributed by atoms with Crippen LogP contribution >= 0.6 is 22.7 Å². The van der Waals surface area contributed by atoms with Crippen LogP contribution in [-0.4, -0.2) is 37.1 Å². The van der Waals surface area contributed by atoms with Crippen LogP contribution in [0.5, 0.6) is 0 Å². The number of ether oxygens (including phenoxy) is 1. The van der Waals surface area contributed by atoms with Gasteiger partial charge in [-0.15, -0.1) is 11.3 Å². The third-order valence-corrected chi connectivity index (χ3v) is 6.89. The van der Waals surface area contributed by atoms with Crippen LogP contribution in [-0.2, 0) is 9.53 Å². The van der Waals surface area contributed by atoms with E-state index in [9.17, 15) is 9.59 Å². The molecule has 2 aromatic heterocycles. The molecule has 0 aliphatic carbocycles. The molecular formula is C23H21N3O3S2. The zero-order valence-corrected chi connectivity index (χ0v) is 18.9. The van der Waals surface area contributed by atoms with Gasteiger partial charge in [0.15, 0.2) is 11.2 Å². The lowest BCUT2D eigenvalue weighted by Gasteiger charge is -2.15. The molecule has 0 radical (unpaired) electrons. The van der Waals surface area contributed by atoms with Crippen LogP contribution in [0.2, 0.25) is 0 Å². The predicted octanol–water partition coefficient (Wildman–Crippen LogP) is 5.27. The molecule has 0 saturated heterocycles. The molecule has 4 rings (SSSR count). The first-order valence-electron chi connectivity index (χ1n) is 9.66. The van der Waals surface area contributed by atoms with Crippen molar-refractivity contribution in [1.82, 2.24) is 4.98 Å². The molecule has 4 aromatic rings. The van der Waals surface area contributed by atoms with Crippen LogP contribution in [0.25, 0.3) is 20.7 Å². The first-order valence-corrected chi connectivity index (χ1v) is 11.3. The number of rotatable bonds is 6. The Kier molecular flexibility index (Phi) is 6.01. The summed E-state index contributed by atoms with van der Waals surface area (Å²) >= 11 is 2.78. The molecule has 2 aromatic carbocycles. The van der Waals surface area contributed by atoms with Crippen molar-refractivity contribution in [3.63, 3.8) is 0 Å². The zero-order valence-electron chi connectivity index (χ0n) is 17.3. The maximum Gasteiger partial charge on any atom is 0.349 e. The van der Waals surface area contributed by atoms with Crippen molar-refractivity contribution < 1.29 is 14.3 Å². The van der Waals surface area contributed by atoms with E-state index in [0.717, 1.165) is 25.8 Å².